The predicted molar refractivity (Wildman–Crippen MR) is 69.0 cm³/mol. The van der Waals surface area contributed by atoms with Crippen LogP contribution in [0.1, 0.15) is 18.6 Å². The van der Waals surface area contributed by atoms with E-state index in [0.29, 0.717) is 17.6 Å². The molecule has 2 amide bonds. The Bertz CT molecular complexity index is 607. The van der Waals surface area contributed by atoms with Gasteiger partial charge in [0.15, 0.2) is 0 Å². The van der Waals surface area contributed by atoms with E-state index < -0.39 is 0 Å². The third kappa shape index (κ3) is 1.06. The Balaban J connectivity index is 1.50. The lowest BCUT2D eigenvalue weighted by Gasteiger charge is -2.20. The molecule has 4 aliphatic rings. The van der Waals surface area contributed by atoms with Gasteiger partial charge in [-0.3, -0.25) is 14.5 Å². The van der Waals surface area contributed by atoms with Gasteiger partial charge in [-0.1, -0.05) is 12.2 Å². The minimum absolute atomic E-state index is 0.0134. The van der Waals surface area contributed by atoms with E-state index in [9.17, 15) is 9.59 Å². The van der Waals surface area contributed by atoms with Crippen molar-refractivity contribution >= 4 is 11.8 Å². The lowest BCUT2D eigenvalue weighted by atomic mass is 9.85. The lowest BCUT2D eigenvalue weighted by Crippen LogP contribution is -2.34. The summed E-state index contributed by atoms with van der Waals surface area (Å²) in [6.45, 7) is 0.282. The number of carbonyl (C=O) groups excluding carboxylic acids is 2. The smallest absolute Gasteiger partial charge is 0.234 e. The van der Waals surface area contributed by atoms with Crippen LogP contribution in [0.15, 0.2) is 35.0 Å². The fourth-order valence-electron chi connectivity index (χ4n) is 4.85. The molecule has 2 heterocycles. The first kappa shape index (κ1) is 10.9. The zero-order chi connectivity index (χ0) is 13.5. The first-order chi connectivity index (χ1) is 9.72. The highest BCUT2D eigenvalue weighted by Crippen LogP contribution is 2.73. The van der Waals surface area contributed by atoms with Gasteiger partial charge in [-0.25, -0.2) is 0 Å². The second-order valence-electron chi connectivity index (χ2n) is 6.56. The summed E-state index contributed by atoms with van der Waals surface area (Å²) in [4.78, 5) is 26.7. The van der Waals surface area contributed by atoms with Crippen LogP contribution in [0.4, 0.5) is 0 Å². The average Bonchev–Trinajstić information content (AvgIpc) is 2.73. The second-order valence-corrected chi connectivity index (χ2v) is 6.56. The molecule has 4 atom stereocenters. The Morgan fingerprint density at radius 2 is 1.80 bits per heavy atom. The van der Waals surface area contributed by atoms with E-state index in [1.54, 1.807) is 12.3 Å². The van der Waals surface area contributed by atoms with Crippen molar-refractivity contribution in [2.45, 2.75) is 19.4 Å². The molecule has 2 bridgehead atoms. The van der Waals surface area contributed by atoms with Crippen molar-refractivity contribution < 1.29 is 14.0 Å². The van der Waals surface area contributed by atoms with E-state index in [4.69, 9.17) is 4.42 Å². The molecule has 20 heavy (non-hydrogen) atoms. The van der Waals surface area contributed by atoms with Gasteiger partial charge in [-0.15, -0.1) is 0 Å². The molecule has 1 aromatic heterocycles. The fourth-order valence-corrected chi connectivity index (χ4v) is 4.85. The number of carbonyl (C=O) groups is 2. The van der Waals surface area contributed by atoms with E-state index in [1.807, 2.05) is 6.07 Å². The molecule has 1 saturated heterocycles. The molecule has 2 saturated carbocycles. The van der Waals surface area contributed by atoms with Gasteiger partial charge in [0, 0.05) is 0 Å². The maximum Gasteiger partial charge on any atom is 0.234 e. The first-order valence-corrected chi connectivity index (χ1v) is 7.28. The monoisotopic (exact) mass is 269 g/mol. The van der Waals surface area contributed by atoms with E-state index in [2.05, 4.69) is 12.2 Å². The molecule has 1 aliphatic heterocycles. The minimum Gasteiger partial charge on any atom is -0.467 e. The number of allylic oxidation sites excluding steroid dienone is 2. The summed E-state index contributed by atoms with van der Waals surface area (Å²) in [5, 5.41) is 0. The summed E-state index contributed by atoms with van der Waals surface area (Å²) in [6, 6.07) is 3.59. The highest BCUT2D eigenvalue weighted by atomic mass is 16.3. The number of fused-ring (bicyclic) bond motifs is 3. The molecule has 0 aromatic carbocycles. The van der Waals surface area contributed by atoms with Crippen LogP contribution in [-0.2, 0) is 16.1 Å². The molecule has 4 nitrogen and oxygen atoms in total. The van der Waals surface area contributed by atoms with Crippen LogP contribution >= 0.6 is 0 Å². The van der Waals surface area contributed by atoms with Gasteiger partial charge in [-0.05, 0) is 42.2 Å². The Hall–Kier alpha value is -1.84. The Labute approximate surface area is 116 Å². The van der Waals surface area contributed by atoms with E-state index in [-0.39, 0.29) is 35.6 Å². The number of hydrogen-bond acceptors (Lipinski definition) is 3. The zero-order valence-electron chi connectivity index (χ0n) is 11.0. The average molecular weight is 269 g/mol. The summed E-state index contributed by atoms with van der Waals surface area (Å²) < 4.78 is 5.28. The molecule has 0 unspecified atom stereocenters. The summed E-state index contributed by atoms with van der Waals surface area (Å²) >= 11 is 0. The van der Waals surface area contributed by atoms with E-state index in [1.165, 1.54) is 17.7 Å². The summed E-state index contributed by atoms with van der Waals surface area (Å²) in [5.41, 5.74) is 0.275. The van der Waals surface area contributed by atoms with Crippen molar-refractivity contribution in [2.75, 3.05) is 0 Å². The normalized spacial score (nSPS) is 39.1. The molecular weight excluding hydrogens is 254 g/mol. The van der Waals surface area contributed by atoms with Crippen LogP contribution in [0, 0.1) is 29.1 Å². The molecule has 5 rings (SSSR count). The number of nitrogens with zero attached hydrogens (tertiary/aromatic N) is 1. The van der Waals surface area contributed by atoms with Gasteiger partial charge in [-0.2, -0.15) is 0 Å². The largest absolute Gasteiger partial charge is 0.467 e. The maximum atomic E-state index is 12.7. The van der Waals surface area contributed by atoms with Crippen molar-refractivity contribution in [1.29, 1.82) is 0 Å². The van der Waals surface area contributed by atoms with Gasteiger partial charge in [0.1, 0.15) is 5.76 Å². The first-order valence-electron chi connectivity index (χ1n) is 7.28. The summed E-state index contributed by atoms with van der Waals surface area (Å²) in [7, 11) is 0. The van der Waals surface area contributed by atoms with E-state index >= 15 is 0 Å². The van der Waals surface area contributed by atoms with Crippen LogP contribution in [0.5, 0.6) is 0 Å². The molecule has 1 spiro atoms. The van der Waals surface area contributed by atoms with Crippen molar-refractivity contribution in [3.63, 3.8) is 0 Å². The maximum absolute atomic E-state index is 12.7. The molecule has 0 N–H and O–H groups in total. The van der Waals surface area contributed by atoms with Gasteiger partial charge < -0.3 is 4.42 Å². The Kier molecular flexibility index (Phi) is 1.77. The quantitative estimate of drug-likeness (QED) is 0.609. The van der Waals surface area contributed by atoms with Gasteiger partial charge in [0.25, 0.3) is 0 Å². The molecule has 0 radical (unpaired) electrons. The topological polar surface area (TPSA) is 50.5 Å². The van der Waals surface area contributed by atoms with Crippen molar-refractivity contribution in [3.8, 4) is 0 Å². The zero-order valence-corrected chi connectivity index (χ0v) is 11.0. The highest BCUT2D eigenvalue weighted by molar-refractivity contribution is 6.06. The SMILES string of the molecule is O=C1[C@@H]2[C@H](C(=O)N1Cc1ccco1)[C@@H]1C=C[C@H]2C12CC2. The number of furan rings is 1. The van der Waals surface area contributed by atoms with Crippen LogP contribution in [0.2, 0.25) is 0 Å². The third-order valence-electron chi connectivity index (χ3n) is 5.84. The third-order valence-corrected chi connectivity index (χ3v) is 5.84. The van der Waals surface area contributed by atoms with Gasteiger partial charge in [0.2, 0.25) is 11.8 Å². The van der Waals surface area contributed by atoms with Crippen LogP contribution in [0.25, 0.3) is 0 Å². The number of imide groups is 1. The minimum atomic E-state index is -0.102. The van der Waals surface area contributed by atoms with Crippen molar-refractivity contribution in [2.24, 2.45) is 29.1 Å². The fraction of sp³-hybridized carbons (Fsp3) is 0.500. The predicted octanol–water partition coefficient (Wildman–Crippen LogP) is 1.98. The highest BCUT2D eigenvalue weighted by Gasteiger charge is 2.73. The molecular formula is C16H15NO3. The van der Waals surface area contributed by atoms with E-state index in [0.717, 1.165) is 0 Å². The van der Waals surface area contributed by atoms with Crippen molar-refractivity contribution in [3.05, 3.63) is 36.3 Å². The van der Waals surface area contributed by atoms with Gasteiger partial charge in [0.05, 0.1) is 24.6 Å². The van der Waals surface area contributed by atoms with Crippen LogP contribution < -0.4 is 0 Å². The Morgan fingerprint density at radius 1 is 1.15 bits per heavy atom. The molecule has 102 valence electrons. The summed E-state index contributed by atoms with van der Waals surface area (Å²) in [5.74, 6) is 1.10. The molecule has 1 aromatic rings. The Morgan fingerprint density at radius 3 is 2.30 bits per heavy atom. The molecule has 3 aliphatic carbocycles. The standard InChI is InChI=1S/C16H15NO3/c18-14-12-10-3-4-11(16(10)5-6-16)13(12)15(19)17(14)8-9-2-1-7-20-9/h1-4,7,10-13H,5-6,8H2/t10-,11+,12+,13-. The number of likely N-dealkylation sites (tertiary alicyclic amines) is 1. The van der Waals surface area contributed by atoms with Crippen molar-refractivity contribution in [1.82, 2.24) is 4.90 Å². The number of hydrogen-bond donors (Lipinski definition) is 0. The number of amides is 2. The summed E-state index contributed by atoms with van der Waals surface area (Å²) in [6.07, 6.45) is 8.33. The molecule has 4 heteroatoms. The lowest BCUT2D eigenvalue weighted by molar-refractivity contribution is -0.142. The van der Waals surface area contributed by atoms with Crippen LogP contribution in [0.3, 0.4) is 0 Å². The van der Waals surface area contributed by atoms with Crippen LogP contribution in [-0.4, -0.2) is 16.7 Å². The second kappa shape index (κ2) is 3.25. The molecule has 3 fully saturated rings. The number of rotatable bonds is 2. The van der Waals surface area contributed by atoms with Gasteiger partial charge >= 0.3 is 0 Å².